The van der Waals surface area contributed by atoms with Crippen molar-refractivity contribution in [2.24, 2.45) is 0 Å². The maximum Gasteiger partial charge on any atom is 0.352 e. The molecule has 0 bridgehead atoms. The van der Waals surface area contributed by atoms with Crippen LogP contribution in [-0.2, 0) is 4.79 Å². The van der Waals surface area contributed by atoms with Crippen LogP contribution in [0, 0.1) is 10.1 Å². The van der Waals surface area contributed by atoms with E-state index in [2.05, 4.69) is 21.2 Å². The highest BCUT2D eigenvalue weighted by molar-refractivity contribution is 9.10. The third kappa shape index (κ3) is 5.55. The molecule has 9 heteroatoms. The van der Waals surface area contributed by atoms with Crippen LogP contribution >= 0.6 is 15.9 Å². The molecular formula is C22H15BrN2O6. The van der Waals surface area contributed by atoms with Crippen LogP contribution in [0.15, 0.2) is 83.0 Å². The van der Waals surface area contributed by atoms with Crippen molar-refractivity contribution in [3.63, 3.8) is 0 Å². The van der Waals surface area contributed by atoms with Gasteiger partial charge < -0.3 is 15.2 Å². The van der Waals surface area contributed by atoms with Crippen molar-refractivity contribution in [3.8, 4) is 11.5 Å². The standard InChI is InChI=1S/C22H15BrN2O6/c23-17-7-4-8-19(25(29)30)20(17)31-16-11-9-14(10-12-16)13-18(22(27)28)24-21(26)15-5-2-1-3-6-15/h1-13H,(H,24,26)(H,27,28)/b18-13-. The molecule has 0 aliphatic heterocycles. The molecule has 0 heterocycles. The molecule has 0 aromatic heterocycles. The normalized spacial score (nSPS) is 10.9. The Bertz CT molecular complexity index is 1160. The van der Waals surface area contributed by atoms with Crippen molar-refractivity contribution in [1.82, 2.24) is 5.32 Å². The lowest BCUT2D eigenvalue weighted by Crippen LogP contribution is -2.27. The summed E-state index contributed by atoms with van der Waals surface area (Å²) < 4.78 is 6.06. The van der Waals surface area contributed by atoms with Gasteiger partial charge in [0.05, 0.1) is 9.40 Å². The molecule has 0 radical (unpaired) electrons. The van der Waals surface area contributed by atoms with E-state index in [0.29, 0.717) is 21.3 Å². The summed E-state index contributed by atoms with van der Waals surface area (Å²) >= 11 is 3.23. The van der Waals surface area contributed by atoms with Crippen LogP contribution in [0.25, 0.3) is 6.08 Å². The number of rotatable bonds is 7. The number of nitro groups is 1. The maximum absolute atomic E-state index is 12.2. The van der Waals surface area contributed by atoms with Crippen LogP contribution in [0.4, 0.5) is 5.69 Å². The predicted molar refractivity (Wildman–Crippen MR) is 117 cm³/mol. The highest BCUT2D eigenvalue weighted by Gasteiger charge is 2.19. The van der Waals surface area contributed by atoms with E-state index >= 15 is 0 Å². The van der Waals surface area contributed by atoms with Gasteiger partial charge in [0.15, 0.2) is 0 Å². The van der Waals surface area contributed by atoms with E-state index < -0.39 is 16.8 Å². The fraction of sp³-hybridized carbons (Fsp3) is 0. The van der Waals surface area contributed by atoms with Gasteiger partial charge in [0.1, 0.15) is 11.4 Å². The Morgan fingerprint density at radius 3 is 2.29 bits per heavy atom. The summed E-state index contributed by atoms with van der Waals surface area (Å²) in [6, 6.07) is 18.9. The quantitative estimate of drug-likeness (QED) is 0.277. The molecule has 31 heavy (non-hydrogen) atoms. The molecule has 3 aromatic rings. The van der Waals surface area contributed by atoms with Gasteiger partial charge in [0.25, 0.3) is 5.91 Å². The van der Waals surface area contributed by atoms with Crippen LogP contribution in [0.5, 0.6) is 11.5 Å². The number of hydrogen-bond acceptors (Lipinski definition) is 5. The largest absolute Gasteiger partial charge is 0.477 e. The number of carbonyl (C=O) groups is 2. The van der Waals surface area contributed by atoms with Crippen LogP contribution < -0.4 is 10.1 Å². The van der Waals surface area contributed by atoms with Gasteiger partial charge in [-0.1, -0.05) is 36.4 Å². The molecule has 8 nitrogen and oxygen atoms in total. The van der Waals surface area contributed by atoms with E-state index in [0.717, 1.165) is 0 Å². The minimum atomic E-state index is -1.30. The third-order valence-electron chi connectivity index (χ3n) is 4.07. The Labute approximate surface area is 185 Å². The number of benzene rings is 3. The summed E-state index contributed by atoms with van der Waals surface area (Å²) in [7, 11) is 0. The number of nitrogens with zero attached hydrogens (tertiary/aromatic N) is 1. The highest BCUT2D eigenvalue weighted by Crippen LogP contribution is 2.37. The second-order valence-corrected chi connectivity index (χ2v) is 7.05. The first kappa shape index (κ1) is 21.7. The van der Waals surface area contributed by atoms with Crippen molar-refractivity contribution in [2.45, 2.75) is 0 Å². The lowest BCUT2D eigenvalue weighted by molar-refractivity contribution is -0.385. The first-order chi connectivity index (χ1) is 14.8. The molecule has 0 aliphatic rings. The smallest absolute Gasteiger partial charge is 0.352 e. The fourth-order valence-corrected chi connectivity index (χ4v) is 3.03. The number of aliphatic carboxylic acids is 1. The van der Waals surface area contributed by atoms with Gasteiger partial charge in [-0.15, -0.1) is 0 Å². The monoisotopic (exact) mass is 482 g/mol. The number of ether oxygens (including phenoxy) is 1. The minimum Gasteiger partial charge on any atom is -0.477 e. The number of halogens is 1. The summed E-state index contributed by atoms with van der Waals surface area (Å²) in [5.74, 6) is -1.47. The second kappa shape index (κ2) is 9.68. The summed E-state index contributed by atoms with van der Waals surface area (Å²) in [5, 5.41) is 23.0. The number of hydrogen-bond donors (Lipinski definition) is 2. The topological polar surface area (TPSA) is 119 Å². The van der Waals surface area contributed by atoms with E-state index in [9.17, 15) is 24.8 Å². The molecule has 0 spiro atoms. The Morgan fingerprint density at radius 2 is 1.68 bits per heavy atom. The summed E-state index contributed by atoms with van der Waals surface area (Å²) in [5.41, 5.74) is 0.312. The fourth-order valence-electron chi connectivity index (χ4n) is 2.59. The van der Waals surface area contributed by atoms with Gasteiger partial charge >= 0.3 is 11.7 Å². The number of amides is 1. The van der Waals surface area contributed by atoms with Crippen LogP contribution in [0.2, 0.25) is 0 Å². The summed E-state index contributed by atoms with van der Waals surface area (Å²) in [4.78, 5) is 34.4. The molecule has 3 rings (SSSR count). The van der Waals surface area contributed by atoms with Crippen LogP contribution in [0.1, 0.15) is 15.9 Å². The lowest BCUT2D eigenvalue weighted by atomic mass is 10.1. The lowest BCUT2D eigenvalue weighted by Gasteiger charge is -2.09. The number of nitrogens with one attached hydrogen (secondary N) is 1. The van der Waals surface area contributed by atoms with E-state index in [1.54, 1.807) is 48.5 Å². The van der Waals surface area contributed by atoms with E-state index in [1.165, 1.54) is 30.3 Å². The first-order valence-corrected chi connectivity index (χ1v) is 9.66. The number of para-hydroxylation sites is 1. The molecule has 1 amide bonds. The number of nitro benzene ring substituents is 1. The predicted octanol–water partition coefficient (Wildman–Crippen LogP) is 5.01. The Hall–Kier alpha value is -3.98. The highest BCUT2D eigenvalue weighted by atomic mass is 79.9. The van der Waals surface area contributed by atoms with Gasteiger partial charge in [-0.3, -0.25) is 14.9 Å². The van der Waals surface area contributed by atoms with Crippen molar-refractivity contribution in [2.75, 3.05) is 0 Å². The number of carboxylic acids is 1. The van der Waals surface area contributed by atoms with Crippen molar-refractivity contribution in [1.29, 1.82) is 0 Å². The Morgan fingerprint density at radius 1 is 1.00 bits per heavy atom. The zero-order valence-corrected chi connectivity index (χ0v) is 17.4. The Balaban J connectivity index is 1.80. The molecule has 0 saturated heterocycles. The number of carbonyl (C=O) groups excluding carboxylic acids is 1. The van der Waals surface area contributed by atoms with Gasteiger partial charge in [0, 0.05) is 11.6 Å². The average Bonchev–Trinajstić information content (AvgIpc) is 2.76. The van der Waals surface area contributed by atoms with E-state index in [4.69, 9.17) is 4.74 Å². The zero-order chi connectivity index (χ0) is 22.4. The van der Waals surface area contributed by atoms with E-state index in [-0.39, 0.29) is 17.1 Å². The minimum absolute atomic E-state index is 0.0529. The molecular weight excluding hydrogens is 468 g/mol. The van der Waals surface area contributed by atoms with E-state index in [1.807, 2.05) is 0 Å². The van der Waals surface area contributed by atoms with Crippen molar-refractivity contribution in [3.05, 3.63) is 104 Å². The molecule has 156 valence electrons. The average molecular weight is 483 g/mol. The van der Waals surface area contributed by atoms with Crippen LogP contribution in [0.3, 0.4) is 0 Å². The molecule has 0 aliphatic carbocycles. The molecule has 2 N–H and O–H groups in total. The van der Waals surface area contributed by atoms with Crippen LogP contribution in [-0.4, -0.2) is 21.9 Å². The molecule has 0 atom stereocenters. The molecule has 3 aromatic carbocycles. The first-order valence-electron chi connectivity index (χ1n) is 8.87. The number of carboxylic acid groups (broad SMARTS) is 1. The second-order valence-electron chi connectivity index (χ2n) is 6.20. The summed E-state index contributed by atoms with van der Waals surface area (Å²) in [6.45, 7) is 0. The van der Waals surface area contributed by atoms with Crippen molar-refractivity contribution < 1.29 is 24.4 Å². The van der Waals surface area contributed by atoms with Gasteiger partial charge in [-0.25, -0.2) is 4.79 Å². The zero-order valence-electron chi connectivity index (χ0n) is 15.8. The van der Waals surface area contributed by atoms with Gasteiger partial charge in [0.2, 0.25) is 5.75 Å². The van der Waals surface area contributed by atoms with Gasteiger partial charge in [-0.05, 0) is 57.9 Å². The SMILES string of the molecule is O=C(O)/C(=C/c1ccc(Oc2c(Br)cccc2[N+](=O)[O-])cc1)NC(=O)c1ccccc1. The molecule has 0 fully saturated rings. The third-order valence-corrected chi connectivity index (χ3v) is 4.69. The Kier molecular flexibility index (Phi) is 6.78. The van der Waals surface area contributed by atoms with Crippen molar-refractivity contribution >= 4 is 39.6 Å². The van der Waals surface area contributed by atoms with Gasteiger partial charge in [-0.2, -0.15) is 0 Å². The summed E-state index contributed by atoms with van der Waals surface area (Å²) in [6.07, 6.45) is 1.30. The maximum atomic E-state index is 12.2. The molecule has 0 saturated carbocycles. The molecule has 0 unspecified atom stereocenters.